The molecule has 0 bridgehead atoms. The van der Waals surface area contributed by atoms with Crippen LogP contribution < -0.4 is 5.32 Å². The minimum Gasteiger partial charge on any atom is -0.360 e. The van der Waals surface area contributed by atoms with Gasteiger partial charge in [0.25, 0.3) is 5.91 Å². The van der Waals surface area contributed by atoms with Gasteiger partial charge in [0, 0.05) is 23.0 Å². The molecule has 1 atom stereocenters. The van der Waals surface area contributed by atoms with E-state index < -0.39 is 29.8 Å². The van der Waals surface area contributed by atoms with Crippen molar-refractivity contribution in [1.29, 1.82) is 0 Å². The summed E-state index contributed by atoms with van der Waals surface area (Å²) in [5.41, 5.74) is 0.924. The van der Waals surface area contributed by atoms with E-state index in [1.807, 2.05) is 6.92 Å². The second-order valence-corrected chi connectivity index (χ2v) is 7.93. The van der Waals surface area contributed by atoms with Gasteiger partial charge in [0.1, 0.15) is 17.1 Å². The Bertz CT molecular complexity index is 1230. The van der Waals surface area contributed by atoms with Crippen molar-refractivity contribution in [2.24, 2.45) is 0 Å². The average Bonchev–Trinajstić information content (AvgIpc) is 3.38. The number of urea groups is 1. The van der Waals surface area contributed by atoms with Gasteiger partial charge in [-0.15, -0.1) is 0 Å². The molecule has 3 aromatic rings. The van der Waals surface area contributed by atoms with Crippen LogP contribution in [0.4, 0.5) is 9.18 Å². The number of imide groups is 1. The molecule has 1 aliphatic heterocycles. The smallest absolute Gasteiger partial charge is 0.325 e. The van der Waals surface area contributed by atoms with Crippen LogP contribution in [0.2, 0.25) is 0 Å². The molecule has 4 rings (SSSR count). The average molecular weight is 438 g/mol. The van der Waals surface area contributed by atoms with Crippen molar-refractivity contribution in [2.75, 3.05) is 6.54 Å². The summed E-state index contributed by atoms with van der Waals surface area (Å²) in [4.78, 5) is 40.0. The quantitative estimate of drug-likeness (QED) is 0.469. The van der Waals surface area contributed by atoms with E-state index in [1.165, 1.54) is 24.3 Å². The van der Waals surface area contributed by atoms with E-state index >= 15 is 0 Å². The Morgan fingerprint density at radius 3 is 2.44 bits per heavy atom. The third-order valence-electron chi connectivity index (χ3n) is 5.92. The predicted molar refractivity (Wildman–Crippen MR) is 113 cm³/mol. The molecule has 1 saturated heterocycles. The van der Waals surface area contributed by atoms with Crippen LogP contribution >= 0.6 is 0 Å². The van der Waals surface area contributed by atoms with Crippen LogP contribution in [0.1, 0.15) is 46.4 Å². The Labute approximate surface area is 184 Å². The zero-order chi connectivity index (χ0) is 23.2. The van der Waals surface area contributed by atoms with Crippen molar-refractivity contribution < 1.29 is 23.3 Å². The van der Waals surface area contributed by atoms with Crippen molar-refractivity contribution in [2.45, 2.75) is 39.7 Å². The number of aryl methyl sites for hydroxylation is 2. The fourth-order valence-electron chi connectivity index (χ4n) is 4.23. The van der Waals surface area contributed by atoms with Gasteiger partial charge in [-0.25, -0.2) is 9.18 Å². The molecular weight excluding hydrogens is 415 g/mol. The summed E-state index contributed by atoms with van der Waals surface area (Å²) in [6.07, 6.45) is 0.258. The first-order chi connectivity index (χ1) is 15.2. The monoisotopic (exact) mass is 438 g/mol. The molecule has 32 heavy (non-hydrogen) atoms. The number of ketones is 1. The molecule has 2 aromatic heterocycles. The van der Waals surface area contributed by atoms with Crippen LogP contribution in [-0.2, 0) is 10.3 Å². The molecular formula is C23H23FN4O4. The Morgan fingerprint density at radius 1 is 1.16 bits per heavy atom. The maximum absolute atomic E-state index is 13.4. The third-order valence-corrected chi connectivity index (χ3v) is 5.92. The number of rotatable bonds is 6. The van der Waals surface area contributed by atoms with Crippen LogP contribution in [0.25, 0.3) is 5.82 Å². The molecule has 1 unspecified atom stereocenters. The number of halogens is 1. The molecule has 0 saturated carbocycles. The van der Waals surface area contributed by atoms with Crippen molar-refractivity contribution in [3.8, 4) is 5.82 Å². The lowest BCUT2D eigenvalue weighted by Gasteiger charge is -2.25. The van der Waals surface area contributed by atoms with Crippen LogP contribution in [0, 0.1) is 26.6 Å². The molecule has 1 aliphatic rings. The molecule has 1 fully saturated rings. The summed E-state index contributed by atoms with van der Waals surface area (Å²) in [5, 5.41) is 6.70. The minimum atomic E-state index is -1.33. The van der Waals surface area contributed by atoms with Gasteiger partial charge >= 0.3 is 6.03 Å². The molecule has 0 aliphatic carbocycles. The predicted octanol–water partition coefficient (Wildman–Crippen LogP) is 3.57. The van der Waals surface area contributed by atoms with Crippen molar-refractivity contribution in [1.82, 2.24) is 19.9 Å². The van der Waals surface area contributed by atoms with Gasteiger partial charge in [0.05, 0.1) is 6.54 Å². The van der Waals surface area contributed by atoms with Gasteiger partial charge in [-0.2, -0.15) is 0 Å². The number of carbonyl (C=O) groups excluding carboxylic acids is 3. The van der Waals surface area contributed by atoms with Crippen LogP contribution in [0.15, 0.2) is 40.9 Å². The number of amides is 3. The second-order valence-electron chi connectivity index (χ2n) is 7.93. The minimum absolute atomic E-state index is 0.258. The number of Topliss-reactive ketones (excluding diaryl/α,β-unsaturated/α-hetero) is 1. The van der Waals surface area contributed by atoms with Crippen molar-refractivity contribution >= 4 is 17.7 Å². The molecule has 3 heterocycles. The van der Waals surface area contributed by atoms with Crippen LogP contribution in [-0.4, -0.2) is 38.9 Å². The molecule has 0 spiro atoms. The van der Waals surface area contributed by atoms with Crippen LogP contribution in [0.3, 0.4) is 0 Å². The summed E-state index contributed by atoms with van der Waals surface area (Å²) in [5.74, 6) is -0.171. The van der Waals surface area contributed by atoms with Gasteiger partial charge in [0.15, 0.2) is 11.6 Å². The normalized spacial score (nSPS) is 18.3. The molecule has 9 heteroatoms. The van der Waals surface area contributed by atoms with Crippen molar-refractivity contribution in [3.63, 3.8) is 0 Å². The number of hydrogen-bond donors (Lipinski definition) is 1. The molecule has 8 nitrogen and oxygen atoms in total. The van der Waals surface area contributed by atoms with Crippen LogP contribution in [0.5, 0.6) is 0 Å². The van der Waals surface area contributed by atoms with Crippen molar-refractivity contribution in [3.05, 3.63) is 70.5 Å². The zero-order valence-corrected chi connectivity index (χ0v) is 18.2. The van der Waals surface area contributed by atoms with E-state index in [9.17, 15) is 18.8 Å². The Hall–Kier alpha value is -3.75. The lowest BCUT2D eigenvalue weighted by Crippen LogP contribution is -2.43. The molecule has 1 aromatic carbocycles. The molecule has 0 radical (unpaired) electrons. The molecule has 3 amide bonds. The number of benzene rings is 1. The summed E-state index contributed by atoms with van der Waals surface area (Å²) in [6.45, 7) is 6.72. The number of carbonyl (C=O) groups is 3. The SMILES string of the molecule is CCC1(c2ccc(F)cc2)NC(=O)N(CC(=O)c2cc(C)n(-c3cc(C)on3)c2C)C1=O. The van der Waals surface area contributed by atoms with E-state index in [-0.39, 0.29) is 12.2 Å². The second kappa shape index (κ2) is 7.74. The summed E-state index contributed by atoms with van der Waals surface area (Å²) in [6, 6.07) is 8.21. The fraction of sp³-hybridized carbons (Fsp3) is 0.304. The number of aromatic nitrogens is 2. The van der Waals surface area contributed by atoms with E-state index in [0.29, 0.717) is 28.4 Å². The Morgan fingerprint density at radius 2 is 1.84 bits per heavy atom. The van der Waals surface area contributed by atoms with Gasteiger partial charge in [-0.1, -0.05) is 24.2 Å². The standard InChI is InChI=1S/C23H23FN4O4/c1-5-23(16-6-8-17(24)9-7-16)21(30)27(22(31)25-23)12-19(29)18-10-13(2)28(15(18)4)20-11-14(3)32-26-20/h6-11H,5,12H2,1-4H3,(H,25,31). The third kappa shape index (κ3) is 3.30. The van der Waals surface area contributed by atoms with E-state index in [2.05, 4.69) is 10.5 Å². The highest BCUT2D eigenvalue weighted by molar-refractivity contribution is 6.11. The summed E-state index contributed by atoms with van der Waals surface area (Å²) < 4.78 is 20.3. The Balaban J connectivity index is 1.62. The van der Waals surface area contributed by atoms with E-state index in [0.717, 1.165) is 10.6 Å². The number of nitrogens with one attached hydrogen (secondary N) is 1. The zero-order valence-electron chi connectivity index (χ0n) is 18.2. The highest BCUT2D eigenvalue weighted by Crippen LogP contribution is 2.33. The lowest BCUT2D eigenvalue weighted by atomic mass is 9.87. The fourth-order valence-corrected chi connectivity index (χ4v) is 4.23. The van der Waals surface area contributed by atoms with Gasteiger partial charge in [-0.3, -0.25) is 19.1 Å². The lowest BCUT2D eigenvalue weighted by molar-refractivity contribution is -0.131. The Kier molecular flexibility index (Phi) is 5.20. The van der Waals surface area contributed by atoms with Gasteiger partial charge in [0.2, 0.25) is 0 Å². The van der Waals surface area contributed by atoms with Gasteiger partial charge in [-0.05, 0) is 51.0 Å². The largest absolute Gasteiger partial charge is 0.360 e. The first kappa shape index (κ1) is 21.5. The molecule has 166 valence electrons. The highest BCUT2D eigenvalue weighted by Gasteiger charge is 2.51. The topological polar surface area (TPSA) is 97.4 Å². The van der Waals surface area contributed by atoms with Gasteiger partial charge < -0.3 is 9.84 Å². The van der Waals surface area contributed by atoms with E-state index in [1.54, 1.807) is 37.5 Å². The number of nitrogens with zero attached hydrogens (tertiary/aromatic N) is 3. The maximum Gasteiger partial charge on any atom is 0.325 e. The summed E-state index contributed by atoms with van der Waals surface area (Å²) in [7, 11) is 0. The molecule has 1 N–H and O–H groups in total. The van der Waals surface area contributed by atoms with E-state index in [4.69, 9.17) is 4.52 Å². The number of hydrogen-bond acceptors (Lipinski definition) is 5. The highest BCUT2D eigenvalue weighted by atomic mass is 19.1. The summed E-state index contributed by atoms with van der Waals surface area (Å²) >= 11 is 0. The maximum atomic E-state index is 13.4. The first-order valence-corrected chi connectivity index (χ1v) is 10.2. The first-order valence-electron chi connectivity index (χ1n) is 10.2.